The highest BCUT2D eigenvalue weighted by atomic mass is 16.2. The topological polar surface area (TPSA) is 62.1 Å². The first-order chi connectivity index (χ1) is 7.11. The van der Waals surface area contributed by atoms with Gasteiger partial charge >= 0.3 is 0 Å². The average Bonchev–Trinajstić information content (AvgIpc) is 2.52. The fourth-order valence-electron chi connectivity index (χ4n) is 1.62. The minimum Gasteiger partial charge on any atom is -0.385 e. The van der Waals surface area contributed by atoms with Gasteiger partial charge in [-0.05, 0) is 6.07 Å². The lowest BCUT2D eigenvalue weighted by atomic mass is 10.1. The van der Waals surface area contributed by atoms with E-state index in [-0.39, 0.29) is 5.91 Å². The number of aromatic nitrogens is 1. The number of carbonyl (C=O) groups excluding carboxylic acids is 1. The van der Waals surface area contributed by atoms with E-state index < -0.39 is 0 Å². The molecule has 0 saturated heterocycles. The summed E-state index contributed by atoms with van der Waals surface area (Å²) >= 11 is 0. The molecule has 0 fully saturated rings. The number of nitrogens with one attached hydrogen (secondary N) is 1. The third-order valence-electron chi connectivity index (χ3n) is 2.36. The number of nitrogens with zero attached hydrogens (tertiary/aromatic N) is 1. The predicted octanol–water partition coefficient (Wildman–Crippen LogP) is 1.45. The third-order valence-corrected chi connectivity index (χ3v) is 2.36. The van der Waals surface area contributed by atoms with Gasteiger partial charge in [-0.2, -0.15) is 0 Å². The summed E-state index contributed by atoms with van der Waals surface area (Å²) < 4.78 is 0. The molecule has 3 N–H and O–H groups in total. The highest BCUT2D eigenvalue weighted by molar-refractivity contribution is 6.11. The molecule has 78 valence electrons. The number of anilines is 1. The summed E-state index contributed by atoms with van der Waals surface area (Å²) in [6.07, 6.45) is 0. The molecule has 0 radical (unpaired) electrons. The molecule has 0 unspecified atom stereocenters. The summed E-state index contributed by atoms with van der Waals surface area (Å²) in [5, 5.41) is 0.869. The third kappa shape index (κ3) is 1.44. The van der Waals surface area contributed by atoms with Gasteiger partial charge in [-0.15, -0.1) is 0 Å². The average molecular weight is 203 g/mol. The Labute approximate surface area is 87.7 Å². The van der Waals surface area contributed by atoms with Gasteiger partial charge in [0.25, 0.3) is 5.91 Å². The second-order valence-electron chi connectivity index (χ2n) is 3.66. The summed E-state index contributed by atoms with van der Waals surface area (Å²) in [5.74, 6) is 0.347. The zero-order valence-electron chi connectivity index (χ0n) is 8.74. The highest BCUT2D eigenvalue weighted by Gasteiger charge is 2.17. The molecule has 4 nitrogen and oxygen atoms in total. The number of hydrogen-bond acceptors (Lipinski definition) is 2. The second kappa shape index (κ2) is 3.31. The zero-order valence-corrected chi connectivity index (χ0v) is 8.74. The van der Waals surface area contributed by atoms with E-state index in [1.807, 2.05) is 24.3 Å². The zero-order chi connectivity index (χ0) is 11.0. The van der Waals surface area contributed by atoms with Crippen molar-refractivity contribution in [3.05, 3.63) is 29.8 Å². The normalized spacial score (nSPS) is 10.5. The van der Waals surface area contributed by atoms with Crippen LogP contribution >= 0.6 is 0 Å². The molecular weight excluding hydrogens is 190 g/mol. The number of fused-ring (bicyclic) bond motifs is 1. The summed E-state index contributed by atoms with van der Waals surface area (Å²) in [5.41, 5.74) is 7.23. The standard InChI is InChI=1S/C11H13N3O/c1-14(2)11(15)9-7-5-3-4-6-8(7)13-10(9)12/h3-6,13H,12H2,1-2H3. The second-order valence-corrected chi connectivity index (χ2v) is 3.66. The SMILES string of the molecule is CN(C)C(=O)c1c(N)[nH]c2ccccc12. The van der Waals surface area contributed by atoms with Crippen molar-refractivity contribution >= 4 is 22.6 Å². The number of aromatic amines is 1. The lowest BCUT2D eigenvalue weighted by Crippen LogP contribution is -2.22. The number of benzene rings is 1. The van der Waals surface area contributed by atoms with Crippen molar-refractivity contribution in [1.29, 1.82) is 0 Å². The van der Waals surface area contributed by atoms with Crippen LogP contribution in [-0.2, 0) is 0 Å². The van der Waals surface area contributed by atoms with Crippen molar-refractivity contribution < 1.29 is 4.79 Å². The molecular formula is C11H13N3O. The number of hydrogen-bond donors (Lipinski definition) is 2. The molecule has 0 bridgehead atoms. The quantitative estimate of drug-likeness (QED) is 0.736. The Morgan fingerprint density at radius 3 is 2.67 bits per heavy atom. The molecule has 4 heteroatoms. The first-order valence-electron chi connectivity index (χ1n) is 4.69. The molecule has 1 heterocycles. The number of carbonyl (C=O) groups is 1. The largest absolute Gasteiger partial charge is 0.385 e. The fraction of sp³-hybridized carbons (Fsp3) is 0.182. The van der Waals surface area contributed by atoms with Crippen LogP contribution in [0.15, 0.2) is 24.3 Å². The van der Waals surface area contributed by atoms with Gasteiger partial charge in [-0.25, -0.2) is 0 Å². The monoisotopic (exact) mass is 203 g/mol. The van der Waals surface area contributed by atoms with Crippen LogP contribution in [0.25, 0.3) is 10.9 Å². The molecule has 0 aliphatic carbocycles. The molecule has 0 saturated carbocycles. The van der Waals surface area contributed by atoms with Gasteiger partial charge < -0.3 is 15.6 Å². The lowest BCUT2D eigenvalue weighted by Gasteiger charge is -2.09. The van der Waals surface area contributed by atoms with Crippen molar-refractivity contribution in [2.45, 2.75) is 0 Å². The summed E-state index contributed by atoms with van der Waals surface area (Å²) in [7, 11) is 3.42. The maximum atomic E-state index is 11.9. The maximum Gasteiger partial charge on any atom is 0.257 e. The summed E-state index contributed by atoms with van der Waals surface area (Å²) in [4.78, 5) is 16.4. The number of H-pyrrole nitrogens is 1. The maximum absolute atomic E-state index is 11.9. The number of nitrogens with two attached hydrogens (primary N) is 1. The Hall–Kier alpha value is -1.97. The van der Waals surface area contributed by atoms with Crippen LogP contribution in [0, 0.1) is 0 Å². The van der Waals surface area contributed by atoms with E-state index in [4.69, 9.17) is 5.73 Å². The van der Waals surface area contributed by atoms with Crippen LogP contribution in [-0.4, -0.2) is 29.9 Å². The van der Waals surface area contributed by atoms with E-state index in [0.717, 1.165) is 10.9 Å². The molecule has 0 atom stereocenters. The van der Waals surface area contributed by atoms with Crippen LogP contribution < -0.4 is 5.73 Å². The smallest absolute Gasteiger partial charge is 0.257 e. The Morgan fingerprint density at radius 1 is 1.33 bits per heavy atom. The van der Waals surface area contributed by atoms with Gasteiger partial charge in [-0.3, -0.25) is 4.79 Å². The molecule has 0 aliphatic heterocycles. The van der Waals surface area contributed by atoms with Gasteiger partial charge in [0.1, 0.15) is 5.82 Å². The molecule has 2 rings (SSSR count). The highest BCUT2D eigenvalue weighted by Crippen LogP contribution is 2.24. The molecule has 1 aromatic heterocycles. The van der Waals surface area contributed by atoms with Crippen LogP contribution in [0.4, 0.5) is 5.82 Å². The van der Waals surface area contributed by atoms with E-state index >= 15 is 0 Å². The minimum absolute atomic E-state index is 0.0787. The van der Waals surface area contributed by atoms with E-state index in [2.05, 4.69) is 4.98 Å². The van der Waals surface area contributed by atoms with Crippen LogP contribution in [0.5, 0.6) is 0 Å². The first-order valence-corrected chi connectivity index (χ1v) is 4.69. The van der Waals surface area contributed by atoms with Gasteiger partial charge in [0.15, 0.2) is 0 Å². The Kier molecular flexibility index (Phi) is 2.11. The van der Waals surface area contributed by atoms with Crippen molar-refractivity contribution in [1.82, 2.24) is 9.88 Å². The van der Waals surface area contributed by atoms with Gasteiger partial charge in [0.05, 0.1) is 5.56 Å². The van der Waals surface area contributed by atoms with Gasteiger partial charge in [-0.1, -0.05) is 18.2 Å². The van der Waals surface area contributed by atoms with Crippen molar-refractivity contribution in [3.63, 3.8) is 0 Å². The number of rotatable bonds is 1. The minimum atomic E-state index is -0.0787. The Balaban J connectivity index is 2.69. The van der Waals surface area contributed by atoms with Gasteiger partial charge in [0, 0.05) is 25.0 Å². The van der Waals surface area contributed by atoms with E-state index in [9.17, 15) is 4.79 Å². The van der Waals surface area contributed by atoms with Crippen LogP contribution in [0.2, 0.25) is 0 Å². The molecule has 15 heavy (non-hydrogen) atoms. The van der Waals surface area contributed by atoms with E-state index in [0.29, 0.717) is 11.4 Å². The van der Waals surface area contributed by atoms with E-state index in [1.165, 1.54) is 4.90 Å². The van der Waals surface area contributed by atoms with Crippen molar-refractivity contribution in [2.75, 3.05) is 19.8 Å². The number of para-hydroxylation sites is 1. The van der Waals surface area contributed by atoms with Crippen molar-refractivity contribution in [2.24, 2.45) is 0 Å². The van der Waals surface area contributed by atoms with Crippen LogP contribution in [0.3, 0.4) is 0 Å². The predicted molar refractivity (Wildman–Crippen MR) is 60.7 cm³/mol. The molecule has 0 spiro atoms. The first kappa shape index (κ1) is 9.58. The van der Waals surface area contributed by atoms with Crippen molar-refractivity contribution in [3.8, 4) is 0 Å². The Morgan fingerprint density at radius 2 is 2.00 bits per heavy atom. The number of amides is 1. The molecule has 1 amide bonds. The van der Waals surface area contributed by atoms with Crippen LogP contribution in [0.1, 0.15) is 10.4 Å². The summed E-state index contributed by atoms with van der Waals surface area (Å²) in [6, 6.07) is 7.58. The lowest BCUT2D eigenvalue weighted by molar-refractivity contribution is 0.0830. The number of nitrogen functional groups attached to an aromatic ring is 1. The molecule has 1 aromatic carbocycles. The Bertz CT molecular complexity index is 514. The molecule has 2 aromatic rings. The molecule has 0 aliphatic rings. The van der Waals surface area contributed by atoms with E-state index in [1.54, 1.807) is 14.1 Å². The van der Waals surface area contributed by atoms with Gasteiger partial charge in [0.2, 0.25) is 0 Å². The fourth-order valence-corrected chi connectivity index (χ4v) is 1.62. The summed E-state index contributed by atoms with van der Waals surface area (Å²) in [6.45, 7) is 0.